The number of aromatic nitrogens is 1. The molecule has 0 unspecified atom stereocenters. The average molecular weight is 409 g/mol. The first-order valence-electron chi connectivity index (χ1n) is 9.95. The molecule has 2 N–H and O–H groups in total. The highest BCUT2D eigenvalue weighted by atomic mass is 16.5. The second kappa shape index (κ2) is 9.93. The number of nitrogens with zero attached hydrogens (tertiary/aromatic N) is 2. The van der Waals surface area contributed by atoms with Crippen molar-refractivity contribution in [3.05, 3.63) is 65.9 Å². The van der Waals surface area contributed by atoms with Crippen LogP contribution in [-0.2, 0) is 29.2 Å². The minimum atomic E-state index is -0.269. The van der Waals surface area contributed by atoms with Crippen molar-refractivity contribution in [1.82, 2.24) is 14.8 Å². The van der Waals surface area contributed by atoms with E-state index in [9.17, 15) is 9.59 Å². The number of carbonyl (C=O) groups is 2. The quantitative estimate of drug-likeness (QED) is 0.598. The van der Waals surface area contributed by atoms with Crippen LogP contribution in [0.3, 0.4) is 0 Å². The van der Waals surface area contributed by atoms with Gasteiger partial charge in [-0.05, 0) is 42.3 Å². The lowest BCUT2D eigenvalue weighted by Crippen LogP contribution is -2.28. The predicted octanol–water partition coefficient (Wildman–Crippen LogP) is 3.59. The van der Waals surface area contributed by atoms with Gasteiger partial charge in [-0.1, -0.05) is 24.3 Å². The summed E-state index contributed by atoms with van der Waals surface area (Å²) < 4.78 is 7.28. The van der Waals surface area contributed by atoms with E-state index in [1.807, 2.05) is 66.2 Å². The maximum absolute atomic E-state index is 12.3. The fraction of sp³-hybridized carbons (Fsp3) is 0.304. The molecule has 30 heavy (non-hydrogen) atoms. The summed E-state index contributed by atoms with van der Waals surface area (Å²) in [5.41, 5.74) is 3.77. The number of hydrogen-bond donors (Lipinski definition) is 2. The third-order valence-corrected chi connectivity index (χ3v) is 4.78. The lowest BCUT2D eigenvalue weighted by atomic mass is 10.1. The standard InChI is InChI=1S/C23H28N4O3/c1-4-30-16-18-7-5-17(6-8-18)14-24-23(29)25-20-9-10-21-19(13-20)11-12-27(21)15-22(28)26(2)3/h5-13H,4,14-16H2,1-3H3,(H2,24,25,29). The van der Waals surface area contributed by atoms with Crippen LogP contribution in [-0.4, -0.2) is 42.1 Å². The number of urea groups is 1. The molecular formula is C23H28N4O3. The third-order valence-electron chi connectivity index (χ3n) is 4.78. The van der Waals surface area contributed by atoms with E-state index < -0.39 is 0 Å². The number of amides is 3. The predicted molar refractivity (Wildman–Crippen MR) is 118 cm³/mol. The number of rotatable bonds is 8. The van der Waals surface area contributed by atoms with Crippen molar-refractivity contribution in [1.29, 1.82) is 0 Å². The Kier molecular flexibility index (Phi) is 7.08. The van der Waals surface area contributed by atoms with Gasteiger partial charge in [0.25, 0.3) is 0 Å². The first-order valence-corrected chi connectivity index (χ1v) is 9.95. The summed E-state index contributed by atoms with van der Waals surface area (Å²) in [6, 6.07) is 15.3. The van der Waals surface area contributed by atoms with Gasteiger partial charge in [0, 0.05) is 50.0 Å². The van der Waals surface area contributed by atoms with E-state index >= 15 is 0 Å². The van der Waals surface area contributed by atoms with E-state index in [4.69, 9.17) is 4.74 Å². The molecule has 0 atom stereocenters. The fourth-order valence-corrected chi connectivity index (χ4v) is 3.03. The molecule has 0 saturated heterocycles. The van der Waals surface area contributed by atoms with E-state index in [1.54, 1.807) is 19.0 Å². The normalized spacial score (nSPS) is 10.8. The van der Waals surface area contributed by atoms with Crippen LogP contribution in [0, 0.1) is 0 Å². The number of carbonyl (C=O) groups excluding carboxylic acids is 2. The van der Waals surface area contributed by atoms with Gasteiger partial charge in [0.15, 0.2) is 0 Å². The Morgan fingerprint density at radius 3 is 2.47 bits per heavy atom. The highest BCUT2D eigenvalue weighted by Crippen LogP contribution is 2.20. The van der Waals surface area contributed by atoms with Crippen molar-refractivity contribution in [3.8, 4) is 0 Å². The minimum absolute atomic E-state index is 0.0278. The van der Waals surface area contributed by atoms with Crippen LogP contribution in [0.15, 0.2) is 54.7 Å². The molecule has 2 aromatic carbocycles. The topological polar surface area (TPSA) is 75.6 Å². The highest BCUT2D eigenvalue weighted by molar-refractivity contribution is 5.93. The Morgan fingerprint density at radius 1 is 1.03 bits per heavy atom. The molecule has 0 aliphatic carbocycles. The van der Waals surface area contributed by atoms with Crippen molar-refractivity contribution in [2.45, 2.75) is 26.6 Å². The van der Waals surface area contributed by atoms with Gasteiger partial charge in [-0.15, -0.1) is 0 Å². The summed E-state index contributed by atoms with van der Waals surface area (Å²) in [5.74, 6) is 0.0278. The van der Waals surface area contributed by atoms with Crippen LogP contribution < -0.4 is 10.6 Å². The zero-order valence-electron chi connectivity index (χ0n) is 17.6. The van der Waals surface area contributed by atoms with Crippen molar-refractivity contribution >= 4 is 28.5 Å². The molecule has 1 heterocycles. The molecule has 0 radical (unpaired) electrons. The van der Waals surface area contributed by atoms with Crippen LogP contribution in [0.5, 0.6) is 0 Å². The lowest BCUT2D eigenvalue weighted by molar-refractivity contribution is -0.129. The van der Waals surface area contributed by atoms with Crippen molar-refractivity contribution < 1.29 is 14.3 Å². The van der Waals surface area contributed by atoms with Gasteiger partial charge in [0.1, 0.15) is 6.54 Å². The lowest BCUT2D eigenvalue weighted by Gasteiger charge is -2.12. The Hall–Kier alpha value is -3.32. The maximum Gasteiger partial charge on any atom is 0.319 e. The second-order valence-corrected chi connectivity index (χ2v) is 7.27. The van der Waals surface area contributed by atoms with Crippen LogP contribution in [0.1, 0.15) is 18.1 Å². The molecule has 0 saturated carbocycles. The molecule has 3 rings (SSSR count). The Balaban J connectivity index is 1.55. The van der Waals surface area contributed by atoms with E-state index in [-0.39, 0.29) is 18.5 Å². The highest BCUT2D eigenvalue weighted by Gasteiger charge is 2.09. The molecular weight excluding hydrogens is 380 g/mol. The second-order valence-electron chi connectivity index (χ2n) is 7.27. The Labute approximate surface area is 176 Å². The van der Waals surface area contributed by atoms with Crippen LogP contribution in [0.2, 0.25) is 0 Å². The summed E-state index contributed by atoms with van der Waals surface area (Å²) in [6.45, 7) is 3.97. The average Bonchev–Trinajstić information content (AvgIpc) is 3.13. The van der Waals surface area contributed by atoms with E-state index in [1.165, 1.54) is 0 Å². The first kappa shape index (κ1) is 21.4. The molecule has 158 valence electrons. The number of nitrogens with one attached hydrogen (secondary N) is 2. The SMILES string of the molecule is CCOCc1ccc(CNC(=O)Nc2ccc3c(ccn3CC(=O)N(C)C)c2)cc1. The summed E-state index contributed by atoms with van der Waals surface area (Å²) in [4.78, 5) is 25.8. The van der Waals surface area contributed by atoms with Gasteiger partial charge >= 0.3 is 6.03 Å². The molecule has 0 aliphatic rings. The molecule has 7 nitrogen and oxygen atoms in total. The van der Waals surface area contributed by atoms with Gasteiger partial charge in [-0.2, -0.15) is 0 Å². The zero-order valence-corrected chi connectivity index (χ0v) is 17.6. The summed E-state index contributed by atoms with van der Waals surface area (Å²) >= 11 is 0. The van der Waals surface area contributed by atoms with Gasteiger partial charge < -0.3 is 24.8 Å². The van der Waals surface area contributed by atoms with Gasteiger partial charge in [0.05, 0.1) is 6.61 Å². The molecule has 0 fully saturated rings. The molecule has 3 amide bonds. The molecule has 3 aromatic rings. The summed E-state index contributed by atoms with van der Waals surface area (Å²) in [6.07, 6.45) is 1.88. The zero-order chi connectivity index (χ0) is 21.5. The molecule has 7 heteroatoms. The van der Waals surface area contributed by atoms with E-state index in [0.717, 1.165) is 22.0 Å². The molecule has 1 aromatic heterocycles. The maximum atomic E-state index is 12.3. The van der Waals surface area contributed by atoms with Crippen LogP contribution in [0.25, 0.3) is 10.9 Å². The third kappa shape index (κ3) is 5.61. The van der Waals surface area contributed by atoms with Crippen molar-refractivity contribution in [2.24, 2.45) is 0 Å². The van der Waals surface area contributed by atoms with Gasteiger partial charge in [-0.25, -0.2) is 4.79 Å². The van der Waals surface area contributed by atoms with E-state index in [2.05, 4.69) is 10.6 Å². The molecule has 0 aliphatic heterocycles. The first-order chi connectivity index (χ1) is 14.5. The van der Waals surface area contributed by atoms with E-state index in [0.29, 0.717) is 25.4 Å². The number of fused-ring (bicyclic) bond motifs is 1. The van der Waals surface area contributed by atoms with Crippen molar-refractivity contribution in [3.63, 3.8) is 0 Å². The smallest absolute Gasteiger partial charge is 0.319 e. The van der Waals surface area contributed by atoms with Gasteiger partial charge in [0.2, 0.25) is 5.91 Å². The monoisotopic (exact) mass is 408 g/mol. The number of hydrogen-bond acceptors (Lipinski definition) is 3. The van der Waals surface area contributed by atoms with Crippen LogP contribution >= 0.6 is 0 Å². The number of ether oxygens (including phenoxy) is 1. The minimum Gasteiger partial charge on any atom is -0.377 e. The number of likely N-dealkylation sites (N-methyl/N-ethyl adjacent to an activating group) is 1. The molecule has 0 spiro atoms. The summed E-state index contributed by atoms with van der Waals surface area (Å²) in [7, 11) is 3.48. The molecule has 0 bridgehead atoms. The van der Waals surface area contributed by atoms with Crippen molar-refractivity contribution in [2.75, 3.05) is 26.0 Å². The number of anilines is 1. The summed E-state index contributed by atoms with van der Waals surface area (Å²) in [5, 5.41) is 6.68. The Morgan fingerprint density at radius 2 is 1.77 bits per heavy atom. The number of benzene rings is 2. The largest absolute Gasteiger partial charge is 0.377 e. The Bertz CT molecular complexity index is 1010. The van der Waals surface area contributed by atoms with Crippen LogP contribution in [0.4, 0.5) is 10.5 Å². The van der Waals surface area contributed by atoms with Gasteiger partial charge in [-0.3, -0.25) is 4.79 Å². The fourth-order valence-electron chi connectivity index (χ4n) is 3.03.